The molecule has 0 aliphatic heterocycles. The van der Waals surface area contributed by atoms with E-state index < -0.39 is 24.3 Å². The Kier molecular flexibility index (Phi) is 4.90. The quantitative estimate of drug-likeness (QED) is 0.858. The van der Waals surface area contributed by atoms with Crippen LogP contribution in [0.2, 0.25) is 0 Å². The van der Waals surface area contributed by atoms with Gasteiger partial charge in [0.25, 0.3) is 0 Å². The van der Waals surface area contributed by atoms with Gasteiger partial charge in [0, 0.05) is 0 Å². The number of ether oxygens (including phenoxy) is 1. The van der Waals surface area contributed by atoms with Crippen LogP contribution in [-0.4, -0.2) is 19.0 Å². The topological polar surface area (TPSA) is 35.2 Å². The molecule has 0 spiro atoms. The molecule has 2 nitrogen and oxygen atoms in total. The van der Waals surface area contributed by atoms with Crippen LogP contribution in [0.5, 0.6) is 5.75 Å². The lowest BCUT2D eigenvalue weighted by Crippen LogP contribution is -2.43. The van der Waals surface area contributed by atoms with E-state index in [2.05, 4.69) is 0 Å². The summed E-state index contributed by atoms with van der Waals surface area (Å²) >= 11 is 0. The summed E-state index contributed by atoms with van der Waals surface area (Å²) in [7, 11) is 0. The Balaban J connectivity index is 3.04. The monoisotopic (exact) mass is 301 g/mol. The Hall–Kier alpha value is -1.44. The van der Waals surface area contributed by atoms with Crippen LogP contribution in [0.25, 0.3) is 0 Å². The van der Waals surface area contributed by atoms with Gasteiger partial charge < -0.3 is 10.5 Å². The fourth-order valence-electron chi connectivity index (χ4n) is 1.74. The molecule has 1 aromatic rings. The van der Waals surface area contributed by atoms with Crippen molar-refractivity contribution in [2.24, 2.45) is 11.7 Å². The van der Waals surface area contributed by atoms with Crippen molar-refractivity contribution in [2.75, 3.05) is 6.61 Å². The molecule has 1 atom stereocenters. The highest BCUT2D eigenvalue weighted by molar-refractivity contribution is 5.29. The number of halogens is 6. The van der Waals surface area contributed by atoms with Gasteiger partial charge in [0.05, 0.1) is 12.6 Å². The highest BCUT2D eigenvalue weighted by Crippen LogP contribution is 2.45. The molecule has 114 valence electrons. The van der Waals surface area contributed by atoms with E-state index in [1.807, 2.05) is 0 Å². The maximum absolute atomic E-state index is 12.5. The molecule has 0 saturated heterocycles. The van der Waals surface area contributed by atoms with Gasteiger partial charge in [-0.1, -0.05) is 12.1 Å². The average molecular weight is 301 g/mol. The summed E-state index contributed by atoms with van der Waals surface area (Å²) < 4.78 is 80.2. The largest absolute Gasteiger partial charge is 0.494 e. The Morgan fingerprint density at radius 2 is 1.45 bits per heavy atom. The molecule has 0 aromatic heterocycles. The van der Waals surface area contributed by atoms with Gasteiger partial charge in [0.1, 0.15) is 5.75 Å². The minimum absolute atomic E-state index is 0.256. The number of hydrogen-bond donors (Lipinski definition) is 1. The van der Waals surface area contributed by atoms with E-state index in [0.717, 1.165) is 12.1 Å². The van der Waals surface area contributed by atoms with Crippen LogP contribution in [0.1, 0.15) is 18.5 Å². The highest BCUT2D eigenvalue weighted by Gasteiger charge is 2.59. The lowest BCUT2D eigenvalue weighted by Gasteiger charge is -2.28. The van der Waals surface area contributed by atoms with Crippen LogP contribution in [0.15, 0.2) is 24.3 Å². The van der Waals surface area contributed by atoms with Crippen molar-refractivity contribution in [2.45, 2.75) is 25.3 Å². The molecule has 1 rings (SSSR count). The van der Waals surface area contributed by atoms with Crippen molar-refractivity contribution in [3.8, 4) is 5.75 Å². The molecule has 1 unspecified atom stereocenters. The number of nitrogens with two attached hydrogens (primary N) is 1. The fraction of sp³-hybridized carbons (Fsp3) is 0.500. The first-order chi connectivity index (χ1) is 9.07. The first-order valence-corrected chi connectivity index (χ1v) is 5.69. The zero-order valence-electron chi connectivity index (χ0n) is 10.4. The zero-order valence-corrected chi connectivity index (χ0v) is 10.4. The maximum Gasteiger partial charge on any atom is 0.402 e. The van der Waals surface area contributed by atoms with Crippen molar-refractivity contribution in [1.82, 2.24) is 0 Å². The lowest BCUT2D eigenvalue weighted by molar-refractivity contribution is -0.290. The van der Waals surface area contributed by atoms with E-state index in [4.69, 9.17) is 10.5 Å². The predicted octanol–water partition coefficient (Wildman–Crippen LogP) is 3.83. The molecule has 1 aromatic carbocycles. The summed E-state index contributed by atoms with van der Waals surface area (Å²) in [5, 5.41) is 0. The van der Waals surface area contributed by atoms with Crippen molar-refractivity contribution in [3.05, 3.63) is 29.8 Å². The predicted molar refractivity (Wildman–Crippen MR) is 60.1 cm³/mol. The summed E-state index contributed by atoms with van der Waals surface area (Å²) in [6, 6.07) is 2.54. The normalized spacial score (nSPS) is 14.4. The van der Waals surface area contributed by atoms with Crippen molar-refractivity contribution in [3.63, 3.8) is 0 Å². The second-order valence-corrected chi connectivity index (χ2v) is 4.09. The molecule has 0 bridgehead atoms. The molecule has 0 aliphatic carbocycles. The molecule has 0 fully saturated rings. The summed E-state index contributed by atoms with van der Waals surface area (Å²) in [4.78, 5) is 0. The number of alkyl halides is 6. The van der Waals surface area contributed by atoms with Crippen LogP contribution >= 0.6 is 0 Å². The SMILES string of the molecule is CCOc1ccc(C(N)C(C(F)(F)F)C(F)(F)F)cc1. The lowest BCUT2D eigenvalue weighted by atomic mass is 9.92. The van der Waals surface area contributed by atoms with Gasteiger partial charge in [-0.25, -0.2) is 0 Å². The van der Waals surface area contributed by atoms with Crippen LogP contribution in [0.4, 0.5) is 26.3 Å². The van der Waals surface area contributed by atoms with E-state index in [1.165, 1.54) is 12.1 Å². The Labute approximate surface area is 111 Å². The third-order valence-corrected chi connectivity index (χ3v) is 2.64. The van der Waals surface area contributed by atoms with E-state index in [1.54, 1.807) is 6.92 Å². The minimum Gasteiger partial charge on any atom is -0.494 e. The van der Waals surface area contributed by atoms with Crippen LogP contribution in [-0.2, 0) is 0 Å². The van der Waals surface area contributed by atoms with Gasteiger partial charge in [-0.2, -0.15) is 26.3 Å². The standard InChI is InChI=1S/C12H13F6NO/c1-2-20-8-5-3-7(4-6-8)9(19)10(11(13,14)15)12(16,17)18/h3-6,9-10H,2,19H2,1H3. The zero-order chi connectivity index (χ0) is 15.6. The summed E-state index contributed by atoms with van der Waals surface area (Å²) in [6.07, 6.45) is -10.9. The van der Waals surface area contributed by atoms with Crippen molar-refractivity contribution < 1.29 is 31.1 Å². The van der Waals surface area contributed by atoms with E-state index >= 15 is 0 Å². The molecule has 20 heavy (non-hydrogen) atoms. The Morgan fingerprint density at radius 1 is 1.00 bits per heavy atom. The van der Waals surface area contributed by atoms with Gasteiger partial charge in [0.2, 0.25) is 0 Å². The minimum atomic E-state index is -5.46. The van der Waals surface area contributed by atoms with Crippen LogP contribution < -0.4 is 10.5 Å². The average Bonchev–Trinajstić information content (AvgIpc) is 2.26. The smallest absolute Gasteiger partial charge is 0.402 e. The molecule has 0 aliphatic rings. The maximum atomic E-state index is 12.5. The molecule has 0 radical (unpaired) electrons. The second kappa shape index (κ2) is 5.90. The molecule has 8 heteroatoms. The summed E-state index contributed by atoms with van der Waals surface area (Å²) in [5.74, 6) is -3.26. The van der Waals surface area contributed by atoms with Gasteiger partial charge in [0.15, 0.2) is 5.92 Å². The van der Waals surface area contributed by atoms with Crippen molar-refractivity contribution >= 4 is 0 Å². The van der Waals surface area contributed by atoms with Crippen LogP contribution in [0.3, 0.4) is 0 Å². The second-order valence-electron chi connectivity index (χ2n) is 4.09. The molecular formula is C12H13F6NO. The van der Waals surface area contributed by atoms with Gasteiger partial charge in [-0.15, -0.1) is 0 Å². The van der Waals surface area contributed by atoms with E-state index in [9.17, 15) is 26.3 Å². The third-order valence-electron chi connectivity index (χ3n) is 2.64. The summed E-state index contributed by atoms with van der Waals surface area (Å²) in [5.41, 5.74) is 4.90. The molecule has 0 heterocycles. The highest BCUT2D eigenvalue weighted by atomic mass is 19.4. The Bertz CT molecular complexity index is 411. The Morgan fingerprint density at radius 3 is 1.80 bits per heavy atom. The third kappa shape index (κ3) is 4.03. The molecular weight excluding hydrogens is 288 g/mol. The molecule has 2 N–H and O–H groups in total. The van der Waals surface area contributed by atoms with E-state index in [0.29, 0.717) is 12.4 Å². The van der Waals surface area contributed by atoms with Gasteiger partial charge in [-0.3, -0.25) is 0 Å². The summed E-state index contributed by atoms with van der Waals surface area (Å²) in [6.45, 7) is 2.03. The molecule has 0 amide bonds. The molecule has 0 saturated carbocycles. The number of hydrogen-bond acceptors (Lipinski definition) is 2. The van der Waals surface area contributed by atoms with E-state index in [-0.39, 0.29) is 5.56 Å². The fourth-order valence-corrected chi connectivity index (χ4v) is 1.74. The first-order valence-electron chi connectivity index (χ1n) is 5.69. The van der Waals surface area contributed by atoms with Gasteiger partial charge in [-0.05, 0) is 24.6 Å². The van der Waals surface area contributed by atoms with Crippen molar-refractivity contribution in [1.29, 1.82) is 0 Å². The first kappa shape index (κ1) is 16.6. The number of rotatable bonds is 4. The number of benzene rings is 1. The van der Waals surface area contributed by atoms with Crippen LogP contribution in [0, 0.1) is 5.92 Å². The van der Waals surface area contributed by atoms with Gasteiger partial charge >= 0.3 is 12.4 Å².